The van der Waals surface area contributed by atoms with Crippen LogP contribution in [-0.2, 0) is 6.54 Å². The summed E-state index contributed by atoms with van der Waals surface area (Å²) in [5, 5.41) is 4.86. The van der Waals surface area contributed by atoms with Crippen molar-refractivity contribution in [2.24, 2.45) is 0 Å². The maximum Gasteiger partial charge on any atom is 0.0477 e. The van der Waals surface area contributed by atoms with Gasteiger partial charge < -0.3 is 5.32 Å². The number of piperazine rings is 1. The molecule has 3 nitrogen and oxygen atoms in total. The zero-order chi connectivity index (χ0) is 14.7. The summed E-state index contributed by atoms with van der Waals surface area (Å²) in [5.41, 5.74) is 2.39. The van der Waals surface area contributed by atoms with E-state index in [1.165, 1.54) is 5.56 Å². The van der Waals surface area contributed by atoms with Gasteiger partial charge in [-0.2, -0.15) is 0 Å². The van der Waals surface area contributed by atoms with E-state index in [-0.39, 0.29) is 0 Å². The van der Waals surface area contributed by atoms with Crippen molar-refractivity contribution in [1.29, 1.82) is 0 Å². The lowest BCUT2D eigenvalue weighted by Crippen LogP contribution is -2.45. The Morgan fingerprint density at radius 1 is 1.19 bits per heavy atom. The quantitative estimate of drug-likeness (QED) is 0.937. The molecule has 1 unspecified atom stereocenters. The van der Waals surface area contributed by atoms with Gasteiger partial charge in [-0.3, -0.25) is 9.88 Å². The topological polar surface area (TPSA) is 28.2 Å². The molecule has 1 aliphatic heterocycles. The van der Waals surface area contributed by atoms with Gasteiger partial charge in [-0.05, 0) is 35.4 Å². The van der Waals surface area contributed by atoms with E-state index in [1.54, 1.807) is 0 Å². The largest absolute Gasteiger partial charge is 0.314 e. The number of hydrogen-bond acceptors (Lipinski definition) is 3. The number of nitrogens with zero attached hydrogens (tertiary/aromatic N) is 2. The second-order valence-electron chi connectivity index (χ2n) is 5.21. The zero-order valence-electron chi connectivity index (χ0n) is 11.6. The fourth-order valence-corrected chi connectivity index (χ4v) is 3.19. The molecule has 0 amide bonds. The summed E-state index contributed by atoms with van der Waals surface area (Å²) in [6.07, 6.45) is 3.69. The lowest BCUT2D eigenvalue weighted by Gasteiger charge is -2.36. The Morgan fingerprint density at radius 2 is 2.00 bits per heavy atom. The van der Waals surface area contributed by atoms with E-state index in [9.17, 15) is 0 Å². The molecule has 1 aromatic carbocycles. The molecule has 0 spiro atoms. The van der Waals surface area contributed by atoms with Crippen molar-refractivity contribution in [3.8, 4) is 0 Å². The van der Waals surface area contributed by atoms with Crippen LogP contribution in [0, 0.1) is 0 Å². The molecule has 1 atom stereocenters. The van der Waals surface area contributed by atoms with Gasteiger partial charge in [-0.1, -0.05) is 29.3 Å². The van der Waals surface area contributed by atoms with Gasteiger partial charge in [-0.15, -0.1) is 0 Å². The lowest BCUT2D eigenvalue weighted by molar-refractivity contribution is 0.153. The number of nitrogens with one attached hydrogen (secondary N) is 1. The number of rotatable bonds is 3. The van der Waals surface area contributed by atoms with Crippen molar-refractivity contribution in [1.82, 2.24) is 15.2 Å². The van der Waals surface area contributed by atoms with Crippen molar-refractivity contribution < 1.29 is 0 Å². The summed E-state index contributed by atoms with van der Waals surface area (Å²) >= 11 is 12.3. The van der Waals surface area contributed by atoms with Gasteiger partial charge in [0.2, 0.25) is 0 Å². The fraction of sp³-hybridized carbons (Fsp3) is 0.312. The Kier molecular flexibility index (Phi) is 4.76. The molecule has 1 saturated heterocycles. The predicted octanol–water partition coefficient (Wildman–Crippen LogP) is 3.53. The molecule has 0 aliphatic carbocycles. The summed E-state index contributed by atoms with van der Waals surface area (Å²) < 4.78 is 0. The molecule has 2 aromatic rings. The van der Waals surface area contributed by atoms with Crippen molar-refractivity contribution in [2.75, 3.05) is 19.6 Å². The average Bonchev–Trinajstić information content (AvgIpc) is 2.51. The molecule has 2 heterocycles. The van der Waals surface area contributed by atoms with Gasteiger partial charge >= 0.3 is 0 Å². The maximum absolute atomic E-state index is 6.31. The van der Waals surface area contributed by atoms with Gasteiger partial charge in [0.25, 0.3) is 0 Å². The lowest BCUT2D eigenvalue weighted by atomic mass is 10.0. The average molecular weight is 322 g/mol. The van der Waals surface area contributed by atoms with E-state index >= 15 is 0 Å². The summed E-state index contributed by atoms with van der Waals surface area (Å²) in [5.74, 6) is 0. The number of benzene rings is 1. The molecular formula is C16H17Cl2N3. The van der Waals surface area contributed by atoms with E-state index < -0.39 is 0 Å². The highest BCUT2D eigenvalue weighted by Crippen LogP contribution is 2.27. The Balaban J connectivity index is 1.81. The predicted molar refractivity (Wildman–Crippen MR) is 86.7 cm³/mol. The normalized spacial score (nSPS) is 19.6. The van der Waals surface area contributed by atoms with E-state index in [0.29, 0.717) is 11.1 Å². The highest BCUT2D eigenvalue weighted by atomic mass is 35.5. The van der Waals surface area contributed by atoms with Crippen LogP contribution < -0.4 is 5.32 Å². The Labute approximate surface area is 134 Å². The summed E-state index contributed by atoms with van der Waals surface area (Å²) in [6, 6.07) is 10.2. The van der Waals surface area contributed by atoms with Crippen LogP contribution in [0.25, 0.3) is 0 Å². The minimum atomic E-state index is 0.341. The van der Waals surface area contributed by atoms with Crippen LogP contribution in [0.2, 0.25) is 10.0 Å². The van der Waals surface area contributed by atoms with Crippen molar-refractivity contribution in [2.45, 2.75) is 12.6 Å². The zero-order valence-corrected chi connectivity index (χ0v) is 13.1. The first kappa shape index (κ1) is 14.8. The van der Waals surface area contributed by atoms with Crippen molar-refractivity contribution in [3.05, 3.63) is 63.9 Å². The Morgan fingerprint density at radius 3 is 2.76 bits per heavy atom. The van der Waals surface area contributed by atoms with Crippen LogP contribution in [-0.4, -0.2) is 29.5 Å². The molecule has 0 bridgehead atoms. The summed E-state index contributed by atoms with van der Waals surface area (Å²) in [7, 11) is 0. The van der Waals surface area contributed by atoms with E-state index in [2.05, 4.69) is 27.3 Å². The molecule has 1 N–H and O–H groups in total. The molecule has 0 saturated carbocycles. The van der Waals surface area contributed by atoms with Gasteiger partial charge in [0.15, 0.2) is 0 Å². The minimum Gasteiger partial charge on any atom is -0.314 e. The van der Waals surface area contributed by atoms with Gasteiger partial charge in [-0.25, -0.2) is 0 Å². The molecule has 0 radical (unpaired) electrons. The van der Waals surface area contributed by atoms with Crippen LogP contribution in [0.15, 0.2) is 42.7 Å². The van der Waals surface area contributed by atoms with E-state index in [4.69, 9.17) is 23.2 Å². The van der Waals surface area contributed by atoms with Crippen LogP contribution >= 0.6 is 23.2 Å². The molecule has 3 rings (SSSR count). The third-order valence-corrected chi connectivity index (χ3v) is 4.42. The SMILES string of the molecule is Clc1ccc(CN2CCNCC2c2ccncc2)c(Cl)c1. The third-order valence-electron chi connectivity index (χ3n) is 3.83. The van der Waals surface area contributed by atoms with Crippen molar-refractivity contribution >= 4 is 23.2 Å². The first-order chi connectivity index (χ1) is 10.2. The van der Waals surface area contributed by atoms with Crippen LogP contribution in [0.4, 0.5) is 0 Å². The Hall–Kier alpha value is -1.13. The second-order valence-corrected chi connectivity index (χ2v) is 6.05. The third kappa shape index (κ3) is 3.55. The van der Waals surface area contributed by atoms with Gasteiger partial charge in [0, 0.05) is 54.7 Å². The summed E-state index contributed by atoms with van der Waals surface area (Å²) in [6.45, 7) is 3.75. The number of pyridine rings is 1. The Bertz CT molecular complexity index is 604. The molecule has 5 heteroatoms. The minimum absolute atomic E-state index is 0.341. The standard InChI is InChI=1S/C16H17Cl2N3/c17-14-2-1-13(15(18)9-14)11-21-8-7-20-10-16(21)12-3-5-19-6-4-12/h1-6,9,16,20H,7-8,10-11H2. The molecule has 21 heavy (non-hydrogen) atoms. The van der Waals surface area contributed by atoms with Crippen LogP contribution in [0.1, 0.15) is 17.2 Å². The summed E-state index contributed by atoms with van der Waals surface area (Å²) in [4.78, 5) is 6.54. The van der Waals surface area contributed by atoms with Crippen molar-refractivity contribution in [3.63, 3.8) is 0 Å². The molecule has 1 aliphatic rings. The number of aromatic nitrogens is 1. The van der Waals surface area contributed by atoms with E-state index in [0.717, 1.165) is 36.8 Å². The van der Waals surface area contributed by atoms with Crippen LogP contribution in [0.3, 0.4) is 0 Å². The van der Waals surface area contributed by atoms with Crippen LogP contribution in [0.5, 0.6) is 0 Å². The van der Waals surface area contributed by atoms with Gasteiger partial charge in [0.1, 0.15) is 0 Å². The molecular weight excluding hydrogens is 305 g/mol. The van der Waals surface area contributed by atoms with E-state index in [1.807, 2.05) is 30.6 Å². The first-order valence-electron chi connectivity index (χ1n) is 7.02. The number of hydrogen-bond donors (Lipinski definition) is 1. The number of halogens is 2. The first-order valence-corrected chi connectivity index (χ1v) is 7.78. The molecule has 1 aromatic heterocycles. The highest BCUT2D eigenvalue weighted by Gasteiger charge is 2.24. The smallest absolute Gasteiger partial charge is 0.0477 e. The second kappa shape index (κ2) is 6.75. The molecule has 110 valence electrons. The highest BCUT2D eigenvalue weighted by molar-refractivity contribution is 6.35. The maximum atomic E-state index is 6.31. The fourth-order valence-electron chi connectivity index (χ4n) is 2.72. The van der Waals surface area contributed by atoms with Gasteiger partial charge in [0.05, 0.1) is 0 Å². The monoisotopic (exact) mass is 321 g/mol. The molecule has 1 fully saturated rings.